The van der Waals surface area contributed by atoms with Gasteiger partial charge in [0.15, 0.2) is 5.88 Å². The van der Waals surface area contributed by atoms with Crippen LogP contribution in [0.3, 0.4) is 0 Å². The van der Waals surface area contributed by atoms with Crippen LogP contribution in [0.25, 0.3) is 11.3 Å². The first kappa shape index (κ1) is 23.7. The third-order valence-electron chi connectivity index (χ3n) is 6.33. The fourth-order valence-corrected chi connectivity index (χ4v) is 4.59. The van der Waals surface area contributed by atoms with E-state index in [0.717, 1.165) is 29.8 Å². The summed E-state index contributed by atoms with van der Waals surface area (Å²) in [5, 5.41) is 19.9. The van der Waals surface area contributed by atoms with Crippen LogP contribution in [0.1, 0.15) is 70.3 Å². The van der Waals surface area contributed by atoms with Gasteiger partial charge in [0.2, 0.25) is 0 Å². The van der Waals surface area contributed by atoms with Crippen molar-refractivity contribution >= 4 is 0 Å². The molecular weight excluding hydrogens is 388 g/mol. The standard InChI is InChI=1S/C26H40N2O3/c1-2-28-25(30)20-23(26(28)22-12-14-24(29)15-13-22)21-31-19-11-6-4-3-5-8-16-27-17-9-7-10-18-27/h12-15,20,29-30H,2-11,16-19,21H2,1H3. The number of phenolic OH excluding ortho intramolecular Hbond substituents is 1. The Hall–Kier alpha value is -1.98. The average molecular weight is 429 g/mol. The van der Waals surface area contributed by atoms with E-state index in [9.17, 15) is 10.2 Å². The number of aromatic nitrogens is 1. The monoisotopic (exact) mass is 428 g/mol. The molecule has 2 heterocycles. The van der Waals surface area contributed by atoms with E-state index in [1.165, 1.54) is 71.0 Å². The molecule has 1 aromatic heterocycles. The molecule has 1 saturated heterocycles. The summed E-state index contributed by atoms with van der Waals surface area (Å²) in [6.07, 6.45) is 11.8. The zero-order valence-electron chi connectivity index (χ0n) is 19.2. The molecule has 0 radical (unpaired) electrons. The molecule has 5 nitrogen and oxygen atoms in total. The van der Waals surface area contributed by atoms with Crippen molar-refractivity contribution in [3.05, 3.63) is 35.9 Å². The lowest BCUT2D eigenvalue weighted by atomic mass is 10.1. The molecule has 1 aliphatic rings. The Labute approximate surface area is 187 Å². The molecule has 0 unspecified atom stereocenters. The number of hydrogen-bond acceptors (Lipinski definition) is 4. The molecule has 172 valence electrons. The van der Waals surface area contributed by atoms with Gasteiger partial charge >= 0.3 is 0 Å². The Morgan fingerprint density at radius 1 is 0.871 bits per heavy atom. The van der Waals surface area contributed by atoms with E-state index in [1.807, 2.05) is 23.6 Å². The smallest absolute Gasteiger partial charge is 0.191 e. The van der Waals surface area contributed by atoms with Crippen molar-refractivity contribution < 1.29 is 14.9 Å². The number of rotatable bonds is 13. The third-order valence-corrected chi connectivity index (χ3v) is 6.33. The molecule has 0 atom stereocenters. The second-order valence-corrected chi connectivity index (χ2v) is 8.74. The minimum Gasteiger partial charge on any atom is -0.508 e. The average Bonchev–Trinajstić information content (AvgIpc) is 3.11. The van der Waals surface area contributed by atoms with Crippen LogP contribution in [0.5, 0.6) is 11.6 Å². The van der Waals surface area contributed by atoms with Gasteiger partial charge in [-0.15, -0.1) is 0 Å². The highest BCUT2D eigenvalue weighted by Crippen LogP contribution is 2.32. The minimum absolute atomic E-state index is 0.242. The molecule has 0 spiro atoms. The van der Waals surface area contributed by atoms with Gasteiger partial charge in [0.1, 0.15) is 5.75 Å². The van der Waals surface area contributed by atoms with E-state index in [-0.39, 0.29) is 11.6 Å². The van der Waals surface area contributed by atoms with Gasteiger partial charge in [-0.25, -0.2) is 0 Å². The first-order valence-electron chi connectivity index (χ1n) is 12.2. The molecule has 5 heteroatoms. The molecule has 0 bridgehead atoms. The van der Waals surface area contributed by atoms with Crippen molar-refractivity contribution in [2.45, 2.75) is 77.9 Å². The van der Waals surface area contributed by atoms with Gasteiger partial charge < -0.3 is 24.4 Å². The fraction of sp³-hybridized carbons (Fsp3) is 0.615. The van der Waals surface area contributed by atoms with Gasteiger partial charge in [-0.1, -0.05) is 32.1 Å². The molecule has 31 heavy (non-hydrogen) atoms. The SMILES string of the molecule is CCn1c(O)cc(COCCCCCCCCN2CCCCC2)c1-c1ccc(O)cc1. The predicted octanol–water partition coefficient (Wildman–Crippen LogP) is 5.93. The van der Waals surface area contributed by atoms with Crippen LogP contribution in [-0.4, -0.2) is 45.9 Å². The first-order valence-corrected chi connectivity index (χ1v) is 12.2. The number of benzene rings is 1. The summed E-state index contributed by atoms with van der Waals surface area (Å²) >= 11 is 0. The molecular formula is C26H40N2O3. The van der Waals surface area contributed by atoms with Crippen LogP contribution in [0.2, 0.25) is 0 Å². The second kappa shape index (κ2) is 12.8. The molecule has 0 saturated carbocycles. The first-order chi connectivity index (χ1) is 15.2. The van der Waals surface area contributed by atoms with Gasteiger partial charge in [0, 0.05) is 24.8 Å². The molecule has 3 rings (SSSR count). The van der Waals surface area contributed by atoms with Crippen LogP contribution in [0.4, 0.5) is 0 Å². The van der Waals surface area contributed by atoms with E-state index >= 15 is 0 Å². The third kappa shape index (κ3) is 7.29. The minimum atomic E-state index is 0.242. The Kier molecular flexibility index (Phi) is 9.76. The van der Waals surface area contributed by atoms with E-state index in [0.29, 0.717) is 13.2 Å². The highest BCUT2D eigenvalue weighted by molar-refractivity contribution is 5.66. The Balaban J connectivity index is 1.33. The summed E-state index contributed by atoms with van der Waals surface area (Å²) in [7, 11) is 0. The van der Waals surface area contributed by atoms with Gasteiger partial charge in [0.05, 0.1) is 12.3 Å². The summed E-state index contributed by atoms with van der Waals surface area (Å²) in [6, 6.07) is 8.91. The van der Waals surface area contributed by atoms with E-state index < -0.39 is 0 Å². The lowest BCUT2D eigenvalue weighted by Crippen LogP contribution is -2.30. The number of hydrogen-bond donors (Lipinski definition) is 2. The fourth-order valence-electron chi connectivity index (χ4n) is 4.59. The maximum atomic E-state index is 10.3. The van der Waals surface area contributed by atoms with Crippen LogP contribution >= 0.6 is 0 Å². The highest BCUT2D eigenvalue weighted by atomic mass is 16.5. The quantitative estimate of drug-likeness (QED) is 0.388. The molecule has 2 aromatic rings. The van der Waals surface area contributed by atoms with Crippen LogP contribution in [0.15, 0.2) is 30.3 Å². The van der Waals surface area contributed by atoms with E-state index in [4.69, 9.17) is 4.74 Å². The summed E-state index contributed by atoms with van der Waals surface area (Å²) in [4.78, 5) is 2.63. The van der Waals surface area contributed by atoms with E-state index in [2.05, 4.69) is 4.90 Å². The Morgan fingerprint density at radius 3 is 2.26 bits per heavy atom. The van der Waals surface area contributed by atoms with E-state index in [1.54, 1.807) is 18.2 Å². The molecule has 0 amide bonds. The number of nitrogens with zero attached hydrogens (tertiary/aromatic N) is 2. The van der Waals surface area contributed by atoms with Gasteiger partial charge in [-0.05, 0) is 82.1 Å². The molecule has 0 aliphatic carbocycles. The van der Waals surface area contributed by atoms with Crippen molar-refractivity contribution in [2.75, 3.05) is 26.2 Å². The van der Waals surface area contributed by atoms with Gasteiger partial charge in [-0.3, -0.25) is 0 Å². The largest absolute Gasteiger partial charge is 0.508 e. The number of unbranched alkanes of at least 4 members (excludes halogenated alkanes) is 5. The maximum absolute atomic E-state index is 10.3. The van der Waals surface area contributed by atoms with Gasteiger partial charge in [-0.2, -0.15) is 0 Å². The van der Waals surface area contributed by atoms with Crippen LogP contribution in [0, 0.1) is 0 Å². The summed E-state index contributed by atoms with van der Waals surface area (Å²) in [5.74, 6) is 0.501. The summed E-state index contributed by atoms with van der Waals surface area (Å²) in [5.41, 5.74) is 2.93. The highest BCUT2D eigenvalue weighted by Gasteiger charge is 2.15. The van der Waals surface area contributed by atoms with Crippen molar-refractivity contribution in [3.8, 4) is 22.9 Å². The van der Waals surface area contributed by atoms with Crippen molar-refractivity contribution in [2.24, 2.45) is 0 Å². The normalized spacial score (nSPS) is 14.9. The van der Waals surface area contributed by atoms with Crippen molar-refractivity contribution in [1.29, 1.82) is 0 Å². The molecule has 2 N–H and O–H groups in total. The predicted molar refractivity (Wildman–Crippen MR) is 127 cm³/mol. The second-order valence-electron chi connectivity index (χ2n) is 8.74. The lowest BCUT2D eigenvalue weighted by molar-refractivity contribution is 0.117. The van der Waals surface area contributed by atoms with Crippen LogP contribution < -0.4 is 0 Å². The zero-order valence-corrected chi connectivity index (χ0v) is 19.2. The maximum Gasteiger partial charge on any atom is 0.191 e. The zero-order chi connectivity index (χ0) is 21.9. The number of phenols is 1. The molecule has 1 aliphatic heterocycles. The van der Waals surface area contributed by atoms with Crippen molar-refractivity contribution in [1.82, 2.24) is 9.47 Å². The lowest BCUT2D eigenvalue weighted by Gasteiger charge is -2.26. The number of likely N-dealkylation sites (tertiary alicyclic amines) is 1. The van der Waals surface area contributed by atoms with Crippen LogP contribution in [-0.2, 0) is 17.9 Å². The molecule has 1 aromatic carbocycles. The van der Waals surface area contributed by atoms with Gasteiger partial charge in [0.25, 0.3) is 0 Å². The summed E-state index contributed by atoms with van der Waals surface area (Å²) in [6.45, 7) is 7.85. The number of piperidine rings is 1. The number of aromatic hydroxyl groups is 2. The van der Waals surface area contributed by atoms with Crippen molar-refractivity contribution in [3.63, 3.8) is 0 Å². The summed E-state index contributed by atoms with van der Waals surface area (Å²) < 4.78 is 7.83. The Morgan fingerprint density at radius 2 is 1.55 bits per heavy atom. The Bertz CT molecular complexity index is 764. The number of ether oxygens (including phenoxy) is 1. The topological polar surface area (TPSA) is 57.9 Å². The molecule has 1 fully saturated rings.